The highest BCUT2D eigenvalue weighted by molar-refractivity contribution is 5.81. The number of nitro groups is 1. The van der Waals surface area contributed by atoms with Crippen molar-refractivity contribution in [3.05, 3.63) is 58.1 Å². The van der Waals surface area contributed by atoms with E-state index in [1.54, 1.807) is 11.0 Å². The van der Waals surface area contributed by atoms with Gasteiger partial charge in [0.2, 0.25) is 5.91 Å². The Labute approximate surface area is 199 Å². The predicted molar refractivity (Wildman–Crippen MR) is 130 cm³/mol. The lowest BCUT2D eigenvalue weighted by Crippen LogP contribution is -2.33. The van der Waals surface area contributed by atoms with Gasteiger partial charge < -0.3 is 14.9 Å². The highest BCUT2D eigenvalue weighted by atomic mass is 16.6. The SMILES string of the molecule is O=C(O)CCN(Cc1cccc(-c2ccc(N3CCCCCC3)c([N+](=O)[O-])c2)c1)C(=O)C1CC1. The lowest BCUT2D eigenvalue weighted by atomic mass is 10.0. The summed E-state index contributed by atoms with van der Waals surface area (Å²) in [7, 11) is 0. The van der Waals surface area contributed by atoms with Crippen LogP contribution in [0.1, 0.15) is 50.5 Å². The molecule has 0 bridgehead atoms. The van der Waals surface area contributed by atoms with Crippen molar-refractivity contribution >= 4 is 23.3 Å². The fraction of sp³-hybridized carbons (Fsp3) is 0.462. The van der Waals surface area contributed by atoms with Crippen LogP contribution in [0.25, 0.3) is 11.1 Å². The molecule has 2 fully saturated rings. The first-order chi connectivity index (χ1) is 16.4. The van der Waals surface area contributed by atoms with E-state index in [9.17, 15) is 19.7 Å². The van der Waals surface area contributed by atoms with Gasteiger partial charge in [0.1, 0.15) is 5.69 Å². The smallest absolute Gasteiger partial charge is 0.305 e. The van der Waals surface area contributed by atoms with E-state index in [0.717, 1.165) is 68.3 Å². The third-order valence-corrected chi connectivity index (χ3v) is 6.59. The molecule has 180 valence electrons. The Kier molecular flexibility index (Phi) is 7.45. The van der Waals surface area contributed by atoms with Crippen molar-refractivity contribution in [3.63, 3.8) is 0 Å². The summed E-state index contributed by atoms with van der Waals surface area (Å²) >= 11 is 0. The summed E-state index contributed by atoms with van der Waals surface area (Å²) in [5, 5.41) is 21.0. The van der Waals surface area contributed by atoms with E-state index in [0.29, 0.717) is 12.2 Å². The van der Waals surface area contributed by atoms with E-state index in [1.165, 1.54) is 0 Å². The van der Waals surface area contributed by atoms with Gasteiger partial charge in [0.25, 0.3) is 5.69 Å². The molecule has 1 saturated heterocycles. The largest absolute Gasteiger partial charge is 0.481 e. The zero-order valence-corrected chi connectivity index (χ0v) is 19.3. The third-order valence-electron chi connectivity index (χ3n) is 6.59. The van der Waals surface area contributed by atoms with Crippen molar-refractivity contribution in [2.75, 3.05) is 24.5 Å². The molecule has 2 aromatic carbocycles. The first kappa shape index (κ1) is 23.7. The number of rotatable bonds is 9. The summed E-state index contributed by atoms with van der Waals surface area (Å²) in [6, 6.07) is 13.0. The summed E-state index contributed by atoms with van der Waals surface area (Å²) in [6.45, 7) is 2.16. The summed E-state index contributed by atoms with van der Waals surface area (Å²) in [5.74, 6) is -0.922. The standard InChI is InChI=1S/C26H31N3O5/c30-25(31)12-15-28(26(32)20-8-9-20)18-19-6-5-7-21(16-19)22-10-11-23(24(17-22)29(33)34)27-13-3-1-2-4-14-27/h5-7,10-11,16-17,20H,1-4,8-9,12-15,18H2,(H,30,31). The summed E-state index contributed by atoms with van der Waals surface area (Å²) in [5.41, 5.74) is 3.23. The number of benzene rings is 2. The summed E-state index contributed by atoms with van der Waals surface area (Å²) < 4.78 is 0. The van der Waals surface area contributed by atoms with Crippen molar-refractivity contribution < 1.29 is 19.6 Å². The van der Waals surface area contributed by atoms with Gasteiger partial charge in [-0.05, 0) is 54.5 Å². The van der Waals surface area contributed by atoms with E-state index in [2.05, 4.69) is 4.90 Å². The highest BCUT2D eigenvalue weighted by Crippen LogP contribution is 2.35. The van der Waals surface area contributed by atoms with Gasteiger partial charge in [-0.2, -0.15) is 0 Å². The average Bonchev–Trinajstić information content (AvgIpc) is 3.68. The van der Waals surface area contributed by atoms with Crippen LogP contribution < -0.4 is 4.90 Å². The highest BCUT2D eigenvalue weighted by Gasteiger charge is 2.33. The molecular weight excluding hydrogens is 434 g/mol. The number of nitro benzene ring substituents is 1. The van der Waals surface area contributed by atoms with Gasteiger partial charge in [0, 0.05) is 38.2 Å². The zero-order chi connectivity index (χ0) is 24.1. The predicted octanol–water partition coefficient (Wildman–Crippen LogP) is 4.86. The minimum absolute atomic E-state index is 0.00379. The third kappa shape index (κ3) is 5.92. The van der Waals surface area contributed by atoms with Gasteiger partial charge >= 0.3 is 5.97 Å². The number of carbonyl (C=O) groups excluding carboxylic acids is 1. The maximum Gasteiger partial charge on any atom is 0.305 e. The Morgan fingerprint density at radius 1 is 1.03 bits per heavy atom. The van der Waals surface area contributed by atoms with Crippen LogP contribution >= 0.6 is 0 Å². The van der Waals surface area contributed by atoms with E-state index < -0.39 is 5.97 Å². The molecule has 1 heterocycles. The van der Waals surface area contributed by atoms with Crippen LogP contribution in [0.5, 0.6) is 0 Å². The number of carboxylic acids is 1. The van der Waals surface area contributed by atoms with Crippen molar-refractivity contribution in [2.45, 2.75) is 51.5 Å². The minimum atomic E-state index is -0.931. The molecule has 0 atom stereocenters. The number of carboxylic acid groups (broad SMARTS) is 1. The maximum atomic E-state index is 12.7. The van der Waals surface area contributed by atoms with Gasteiger partial charge in [0.15, 0.2) is 0 Å². The second kappa shape index (κ2) is 10.7. The lowest BCUT2D eigenvalue weighted by molar-refractivity contribution is -0.384. The normalized spacial score (nSPS) is 16.1. The molecule has 1 aliphatic heterocycles. The van der Waals surface area contributed by atoms with Gasteiger partial charge in [0.05, 0.1) is 11.3 Å². The van der Waals surface area contributed by atoms with Crippen LogP contribution in [0, 0.1) is 16.0 Å². The molecule has 0 spiro atoms. The van der Waals surface area contributed by atoms with Crippen molar-refractivity contribution in [1.29, 1.82) is 0 Å². The van der Waals surface area contributed by atoms with Gasteiger partial charge in [-0.25, -0.2) is 0 Å². The van der Waals surface area contributed by atoms with Gasteiger partial charge in [-0.15, -0.1) is 0 Å². The number of carbonyl (C=O) groups is 2. The van der Waals surface area contributed by atoms with Crippen LogP contribution in [0.2, 0.25) is 0 Å². The number of hydrogen-bond donors (Lipinski definition) is 1. The van der Waals surface area contributed by atoms with E-state index in [4.69, 9.17) is 5.11 Å². The first-order valence-corrected chi connectivity index (χ1v) is 12.1. The zero-order valence-electron chi connectivity index (χ0n) is 19.3. The lowest BCUT2D eigenvalue weighted by Gasteiger charge is -2.23. The molecule has 8 heteroatoms. The van der Waals surface area contributed by atoms with E-state index in [-0.39, 0.29) is 35.4 Å². The number of amides is 1. The Morgan fingerprint density at radius 2 is 1.74 bits per heavy atom. The second-order valence-electron chi connectivity index (χ2n) is 9.24. The molecule has 1 saturated carbocycles. The van der Waals surface area contributed by atoms with Crippen LogP contribution in [-0.2, 0) is 16.1 Å². The molecule has 0 unspecified atom stereocenters. The number of nitrogens with zero attached hydrogens (tertiary/aromatic N) is 3. The summed E-state index contributed by atoms with van der Waals surface area (Å²) in [4.78, 5) is 39.1. The van der Waals surface area contributed by atoms with Crippen LogP contribution in [0.3, 0.4) is 0 Å². The number of aliphatic carboxylic acids is 1. The first-order valence-electron chi connectivity index (χ1n) is 12.1. The maximum absolute atomic E-state index is 12.7. The van der Waals surface area contributed by atoms with Crippen LogP contribution in [0.15, 0.2) is 42.5 Å². The molecular formula is C26H31N3O5. The molecule has 1 aliphatic carbocycles. The molecule has 0 aromatic heterocycles. The van der Waals surface area contributed by atoms with E-state index in [1.807, 2.05) is 36.4 Å². The quantitative estimate of drug-likeness (QED) is 0.419. The monoisotopic (exact) mass is 465 g/mol. The topological polar surface area (TPSA) is 104 Å². The van der Waals surface area contributed by atoms with E-state index >= 15 is 0 Å². The van der Waals surface area contributed by atoms with Crippen LogP contribution in [-0.4, -0.2) is 46.4 Å². The average molecular weight is 466 g/mol. The van der Waals surface area contributed by atoms with Crippen molar-refractivity contribution in [2.24, 2.45) is 5.92 Å². The minimum Gasteiger partial charge on any atom is -0.481 e. The Balaban J connectivity index is 1.57. The number of hydrogen-bond acceptors (Lipinski definition) is 5. The number of anilines is 1. The Bertz CT molecular complexity index is 1060. The molecule has 0 radical (unpaired) electrons. The molecule has 4 rings (SSSR count). The second-order valence-corrected chi connectivity index (χ2v) is 9.24. The van der Waals surface area contributed by atoms with Gasteiger partial charge in [-0.1, -0.05) is 37.1 Å². The molecule has 34 heavy (non-hydrogen) atoms. The van der Waals surface area contributed by atoms with Gasteiger partial charge in [-0.3, -0.25) is 19.7 Å². The van der Waals surface area contributed by atoms with Crippen molar-refractivity contribution in [1.82, 2.24) is 4.90 Å². The Morgan fingerprint density at radius 3 is 2.38 bits per heavy atom. The molecule has 8 nitrogen and oxygen atoms in total. The Hall–Kier alpha value is -3.42. The summed E-state index contributed by atoms with van der Waals surface area (Å²) in [6.07, 6.45) is 6.01. The molecule has 1 N–H and O–H groups in total. The molecule has 2 aliphatic rings. The van der Waals surface area contributed by atoms with Crippen molar-refractivity contribution in [3.8, 4) is 11.1 Å². The fourth-order valence-corrected chi connectivity index (χ4v) is 4.58. The molecule has 2 aromatic rings. The fourth-order valence-electron chi connectivity index (χ4n) is 4.58. The molecule has 1 amide bonds. The van der Waals surface area contributed by atoms with Crippen LogP contribution in [0.4, 0.5) is 11.4 Å².